The monoisotopic (exact) mass is 195 g/mol. The minimum absolute atomic E-state index is 0.158. The first-order valence-corrected chi connectivity index (χ1v) is 4.54. The van der Waals surface area contributed by atoms with Gasteiger partial charge >= 0.3 is 0 Å². The number of para-hydroxylation sites is 1. The molecule has 0 amide bonds. The summed E-state index contributed by atoms with van der Waals surface area (Å²) in [5.74, 6) is -0.356. The average molecular weight is 195 g/mol. The number of nitrogens with zero attached hydrogens (tertiary/aromatic N) is 1. The number of benzene rings is 1. The van der Waals surface area contributed by atoms with Crippen LogP contribution in [0.2, 0.25) is 0 Å². The summed E-state index contributed by atoms with van der Waals surface area (Å²) in [7, 11) is 1.77. The Morgan fingerprint density at radius 2 is 2.07 bits per heavy atom. The molecule has 1 rings (SSSR count). The van der Waals surface area contributed by atoms with Crippen LogP contribution in [-0.2, 0) is 0 Å². The Labute approximate surface area is 83.3 Å². The van der Waals surface area contributed by atoms with Crippen molar-refractivity contribution in [3.8, 4) is 0 Å². The van der Waals surface area contributed by atoms with Crippen molar-refractivity contribution in [2.75, 3.05) is 11.9 Å². The molecule has 1 aromatic rings. The molecule has 0 fully saturated rings. The largest absolute Gasteiger partial charge is 0.369 e. The van der Waals surface area contributed by atoms with E-state index < -0.39 is 0 Å². The van der Waals surface area contributed by atoms with Gasteiger partial charge < -0.3 is 4.90 Å². The lowest BCUT2D eigenvalue weighted by Gasteiger charge is -2.25. The van der Waals surface area contributed by atoms with Gasteiger partial charge in [0.2, 0.25) is 0 Å². The number of hydrogen-bond acceptors (Lipinski definition) is 2. The number of carbonyl (C=O) groups is 1. The summed E-state index contributed by atoms with van der Waals surface area (Å²) in [6.07, 6.45) is 0.678. The number of rotatable bonds is 3. The van der Waals surface area contributed by atoms with E-state index in [4.69, 9.17) is 0 Å². The van der Waals surface area contributed by atoms with Gasteiger partial charge in [-0.05, 0) is 26.0 Å². The van der Waals surface area contributed by atoms with Crippen LogP contribution >= 0.6 is 0 Å². The summed E-state index contributed by atoms with van der Waals surface area (Å²) in [4.78, 5) is 12.5. The van der Waals surface area contributed by atoms with Gasteiger partial charge in [-0.1, -0.05) is 6.07 Å². The summed E-state index contributed by atoms with van der Waals surface area (Å²) in [5, 5.41) is 0. The molecule has 14 heavy (non-hydrogen) atoms. The van der Waals surface area contributed by atoms with E-state index in [-0.39, 0.29) is 11.9 Å². The molecule has 0 aliphatic heterocycles. The van der Waals surface area contributed by atoms with E-state index in [9.17, 15) is 9.18 Å². The summed E-state index contributed by atoms with van der Waals surface area (Å²) >= 11 is 0. The van der Waals surface area contributed by atoms with Crippen LogP contribution in [0.25, 0.3) is 0 Å². The Bertz CT molecular complexity index is 336. The standard InChI is InChI=1S/C11H14FNO/c1-8(2)13(3)11-9(7-14)5-4-6-10(11)12/h4-8H,1-3H3. The lowest BCUT2D eigenvalue weighted by molar-refractivity contribution is 0.112. The van der Waals surface area contributed by atoms with Gasteiger partial charge in [-0.15, -0.1) is 0 Å². The van der Waals surface area contributed by atoms with Crippen molar-refractivity contribution in [3.63, 3.8) is 0 Å². The second kappa shape index (κ2) is 4.22. The highest BCUT2D eigenvalue weighted by atomic mass is 19.1. The first kappa shape index (κ1) is 10.7. The predicted octanol–water partition coefficient (Wildman–Crippen LogP) is 2.48. The van der Waals surface area contributed by atoms with Crippen molar-refractivity contribution in [1.29, 1.82) is 0 Å². The predicted molar refractivity (Wildman–Crippen MR) is 55.3 cm³/mol. The minimum atomic E-state index is -0.356. The molecule has 0 aliphatic carbocycles. The SMILES string of the molecule is CC(C)N(C)c1c(F)cccc1C=O. The van der Waals surface area contributed by atoms with E-state index in [0.717, 1.165) is 0 Å². The second-order valence-corrected chi connectivity index (χ2v) is 3.50. The topological polar surface area (TPSA) is 20.3 Å². The van der Waals surface area contributed by atoms with E-state index in [0.29, 0.717) is 17.5 Å². The van der Waals surface area contributed by atoms with Gasteiger partial charge in [0.15, 0.2) is 6.29 Å². The molecular weight excluding hydrogens is 181 g/mol. The van der Waals surface area contributed by atoms with Crippen LogP contribution < -0.4 is 4.90 Å². The Morgan fingerprint density at radius 1 is 1.43 bits per heavy atom. The molecule has 76 valence electrons. The Morgan fingerprint density at radius 3 is 2.57 bits per heavy atom. The first-order valence-electron chi connectivity index (χ1n) is 4.54. The maximum Gasteiger partial charge on any atom is 0.152 e. The fourth-order valence-corrected chi connectivity index (χ4v) is 1.26. The highest BCUT2D eigenvalue weighted by Gasteiger charge is 2.14. The normalized spacial score (nSPS) is 10.4. The van der Waals surface area contributed by atoms with E-state index in [1.165, 1.54) is 12.1 Å². The maximum absolute atomic E-state index is 13.4. The zero-order valence-electron chi connectivity index (χ0n) is 8.62. The van der Waals surface area contributed by atoms with Crippen LogP contribution in [0, 0.1) is 5.82 Å². The fraction of sp³-hybridized carbons (Fsp3) is 0.364. The van der Waals surface area contributed by atoms with Crippen molar-refractivity contribution < 1.29 is 9.18 Å². The van der Waals surface area contributed by atoms with E-state index >= 15 is 0 Å². The van der Waals surface area contributed by atoms with Gasteiger partial charge in [-0.2, -0.15) is 0 Å². The van der Waals surface area contributed by atoms with E-state index in [1.807, 2.05) is 13.8 Å². The van der Waals surface area contributed by atoms with Crippen LogP contribution in [0.5, 0.6) is 0 Å². The van der Waals surface area contributed by atoms with Crippen LogP contribution in [0.3, 0.4) is 0 Å². The van der Waals surface area contributed by atoms with Crippen molar-refractivity contribution >= 4 is 12.0 Å². The molecule has 0 saturated carbocycles. The summed E-state index contributed by atoms with van der Waals surface area (Å²) in [6.45, 7) is 3.89. The fourth-order valence-electron chi connectivity index (χ4n) is 1.26. The van der Waals surface area contributed by atoms with Gasteiger partial charge in [0.25, 0.3) is 0 Å². The van der Waals surface area contributed by atoms with Gasteiger partial charge in [-0.3, -0.25) is 4.79 Å². The van der Waals surface area contributed by atoms with Crippen molar-refractivity contribution in [2.24, 2.45) is 0 Å². The first-order chi connectivity index (χ1) is 6.57. The Kier molecular flexibility index (Phi) is 3.23. The molecular formula is C11H14FNO. The summed E-state index contributed by atoms with van der Waals surface area (Å²) in [5.41, 5.74) is 0.763. The highest BCUT2D eigenvalue weighted by molar-refractivity contribution is 5.84. The average Bonchev–Trinajstić information content (AvgIpc) is 2.16. The Balaban J connectivity index is 3.23. The van der Waals surface area contributed by atoms with E-state index in [2.05, 4.69) is 0 Å². The third-order valence-corrected chi connectivity index (χ3v) is 2.27. The van der Waals surface area contributed by atoms with Crippen LogP contribution in [0.1, 0.15) is 24.2 Å². The number of halogens is 1. The molecule has 0 atom stereocenters. The molecule has 0 bridgehead atoms. The zero-order valence-corrected chi connectivity index (χ0v) is 8.62. The van der Waals surface area contributed by atoms with Crippen LogP contribution in [0.4, 0.5) is 10.1 Å². The number of hydrogen-bond donors (Lipinski definition) is 0. The van der Waals surface area contributed by atoms with Crippen molar-refractivity contribution in [3.05, 3.63) is 29.6 Å². The van der Waals surface area contributed by atoms with Crippen molar-refractivity contribution in [2.45, 2.75) is 19.9 Å². The number of carbonyl (C=O) groups excluding carboxylic acids is 1. The molecule has 0 heterocycles. The van der Waals surface area contributed by atoms with Crippen molar-refractivity contribution in [1.82, 2.24) is 0 Å². The molecule has 0 unspecified atom stereocenters. The molecule has 0 radical (unpaired) electrons. The quantitative estimate of drug-likeness (QED) is 0.690. The van der Waals surface area contributed by atoms with Crippen LogP contribution in [-0.4, -0.2) is 19.4 Å². The Hall–Kier alpha value is -1.38. The highest BCUT2D eigenvalue weighted by Crippen LogP contribution is 2.23. The molecule has 0 aliphatic rings. The summed E-state index contributed by atoms with van der Waals surface area (Å²) in [6, 6.07) is 4.67. The van der Waals surface area contributed by atoms with Gasteiger partial charge in [0.05, 0.1) is 5.69 Å². The molecule has 0 spiro atoms. The van der Waals surface area contributed by atoms with Gasteiger partial charge in [0, 0.05) is 18.7 Å². The maximum atomic E-state index is 13.4. The smallest absolute Gasteiger partial charge is 0.152 e. The minimum Gasteiger partial charge on any atom is -0.369 e. The van der Waals surface area contributed by atoms with Gasteiger partial charge in [-0.25, -0.2) is 4.39 Å². The third kappa shape index (κ3) is 1.92. The molecule has 0 aromatic heterocycles. The molecule has 2 nitrogen and oxygen atoms in total. The number of aldehydes is 1. The van der Waals surface area contributed by atoms with E-state index in [1.54, 1.807) is 18.0 Å². The number of anilines is 1. The van der Waals surface area contributed by atoms with Gasteiger partial charge in [0.1, 0.15) is 5.82 Å². The van der Waals surface area contributed by atoms with Crippen LogP contribution in [0.15, 0.2) is 18.2 Å². The molecule has 0 saturated heterocycles. The second-order valence-electron chi connectivity index (χ2n) is 3.50. The molecule has 1 aromatic carbocycles. The summed E-state index contributed by atoms with van der Waals surface area (Å²) < 4.78 is 13.4. The lowest BCUT2D eigenvalue weighted by atomic mass is 10.1. The third-order valence-electron chi connectivity index (χ3n) is 2.27. The zero-order chi connectivity index (χ0) is 10.7. The molecule has 0 N–H and O–H groups in total. The molecule has 3 heteroatoms. The lowest BCUT2D eigenvalue weighted by Crippen LogP contribution is -2.27.